The quantitative estimate of drug-likeness (QED) is 0.842. The molecule has 1 aromatic rings. The number of ether oxygens (including phenoxy) is 1. The number of methoxy groups -OCH3 is 1. The Balaban J connectivity index is 2.02. The summed E-state index contributed by atoms with van der Waals surface area (Å²) >= 11 is 6.02. The molecular formula is C14H17ClN2O. The highest BCUT2D eigenvalue weighted by atomic mass is 35.5. The summed E-state index contributed by atoms with van der Waals surface area (Å²) in [6.45, 7) is 2.77. The largest absolute Gasteiger partial charge is 0.496 e. The molecule has 18 heavy (non-hydrogen) atoms. The third kappa shape index (κ3) is 3.16. The molecule has 1 heterocycles. The van der Waals surface area contributed by atoms with Gasteiger partial charge in [-0.1, -0.05) is 11.6 Å². The number of halogens is 1. The van der Waals surface area contributed by atoms with E-state index < -0.39 is 0 Å². The van der Waals surface area contributed by atoms with Gasteiger partial charge in [0.25, 0.3) is 0 Å². The maximum absolute atomic E-state index is 8.88. The molecule has 0 unspecified atom stereocenters. The van der Waals surface area contributed by atoms with Gasteiger partial charge in [-0.25, -0.2) is 0 Å². The van der Waals surface area contributed by atoms with Gasteiger partial charge in [-0.2, -0.15) is 5.26 Å². The van der Waals surface area contributed by atoms with E-state index in [1.807, 2.05) is 18.2 Å². The standard InChI is InChI=1S/C14H17ClN2O/c1-18-14-3-2-13(15)8-12(14)10-17-6-4-11(9-16)5-7-17/h2-3,8,11H,4-7,10H2,1H3. The minimum atomic E-state index is 0.225. The molecule has 1 aromatic carbocycles. The van der Waals surface area contributed by atoms with Crippen LogP contribution in [-0.2, 0) is 6.54 Å². The van der Waals surface area contributed by atoms with Gasteiger partial charge in [0.2, 0.25) is 0 Å². The molecule has 96 valence electrons. The molecule has 0 atom stereocenters. The van der Waals surface area contributed by atoms with Crippen LogP contribution >= 0.6 is 11.6 Å². The van der Waals surface area contributed by atoms with Crippen molar-refractivity contribution in [3.63, 3.8) is 0 Å². The van der Waals surface area contributed by atoms with Crippen molar-refractivity contribution in [2.24, 2.45) is 5.92 Å². The van der Waals surface area contributed by atoms with E-state index in [0.717, 1.165) is 48.8 Å². The molecule has 1 saturated heterocycles. The van der Waals surface area contributed by atoms with Crippen LogP contribution in [0.5, 0.6) is 5.75 Å². The van der Waals surface area contributed by atoms with E-state index in [0.29, 0.717) is 0 Å². The highest BCUT2D eigenvalue weighted by molar-refractivity contribution is 6.30. The molecule has 0 N–H and O–H groups in total. The number of likely N-dealkylation sites (tertiary alicyclic amines) is 1. The summed E-state index contributed by atoms with van der Waals surface area (Å²) < 4.78 is 5.35. The van der Waals surface area contributed by atoms with E-state index in [1.165, 1.54) is 0 Å². The molecule has 4 heteroatoms. The third-order valence-electron chi connectivity index (χ3n) is 3.41. The molecule has 1 aliphatic rings. The molecule has 0 saturated carbocycles. The predicted octanol–water partition coefficient (Wildman–Crippen LogP) is 3.08. The average Bonchev–Trinajstić information content (AvgIpc) is 2.40. The van der Waals surface area contributed by atoms with E-state index >= 15 is 0 Å². The lowest BCUT2D eigenvalue weighted by Crippen LogP contribution is -2.32. The second-order valence-electron chi connectivity index (χ2n) is 4.64. The van der Waals surface area contributed by atoms with Crippen LogP contribution in [0.25, 0.3) is 0 Å². The first-order chi connectivity index (χ1) is 8.72. The van der Waals surface area contributed by atoms with Crippen LogP contribution in [-0.4, -0.2) is 25.1 Å². The highest BCUT2D eigenvalue weighted by Crippen LogP contribution is 2.26. The second-order valence-corrected chi connectivity index (χ2v) is 5.07. The fourth-order valence-electron chi connectivity index (χ4n) is 2.33. The van der Waals surface area contributed by atoms with E-state index in [1.54, 1.807) is 7.11 Å². The Hall–Kier alpha value is -1.24. The topological polar surface area (TPSA) is 36.3 Å². The zero-order valence-corrected chi connectivity index (χ0v) is 11.3. The minimum absolute atomic E-state index is 0.225. The minimum Gasteiger partial charge on any atom is -0.496 e. The van der Waals surface area contributed by atoms with Crippen molar-refractivity contribution in [1.82, 2.24) is 4.90 Å². The summed E-state index contributed by atoms with van der Waals surface area (Å²) in [6.07, 6.45) is 1.92. The van der Waals surface area contributed by atoms with Crippen molar-refractivity contribution in [3.8, 4) is 11.8 Å². The molecular weight excluding hydrogens is 248 g/mol. The van der Waals surface area contributed by atoms with Crippen LogP contribution in [0.1, 0.15) is 18.4 Å². The van der Waals surface area contributed by atoms with Crippen LogP contribution < -0.4 is 4.74 Å². The van der Waals surface area contributed by atoms with E-state index in [-0.39, 0.29) is 5.92 Å². The zero-order chi connectivity index (χ0) is 13.0. The van der Waals surface area contributed by atoms with Gasteiger partial charge in [0, 0.05) is 23.0 Å². The molecule has 0 radical (unpaired) electrons. The lowest BCUT2D eigenvalue weighted by atomic mass is 9.98. The van der Waals surface area contributed by atoms with Gasteiger partial charge in [-0.3, -0.25) is 4.90 Å². The second kappa shape index (κ2) is 6.08. The fraction of sp³-hybridized carbons (Fsp3) is 0.500. The molecule has 1 aliphatic heterocycles. The van der Waals surface area contributed by atoms with Crippen molar-refractivity contribution in [3.05, 3.63) is 28.8 Å². The Morgan fingerprint density at radius 1 is 1.44 bits per heavy atom. The lowest BCUT2D eigenvalue weighted by Gasteiger charge is -2.29. The maximum Gasteiger partial charge on any atom is 0.123 e. The summed E-state index contributed by atoms with van der Waals surface area (Å²) in [5, 5.41) is 9.61. The zero-order valence-electron chi connectivity index (χ0n) is 10.5. The highest BCUT2D eigenvalue weighted by Gasteiger charge is 2.19. The molecule has 3 nitrogen and oxygen atoms in total. The number of piperidine rings is 1. The van der Waals surface area contributed by atoms with Crippen molar-refractivity contribution in [2.45, 2.75) is 19.4 Å². The predicted molar refractivity (Wildman–Crippen MR) is 71.6 cm³/mol. The Labute approximate surface area is 113 Å². The Kier molecular flexibility index (Phi) is 4.46. The van der Waals surface area contributed by atoms with Gasteiger partial charge in [0.15, 0.2) is 0 Å². The van der Waals surface area contributed by atoms with E-state index in [2.05, 4.69) is 11.0 Å². The number of benzene rings is 1. The molecule has 2 rings (SSSR count). The van der Waals surface area contributed by atoms with Crippen molar-refractivity contribution in [2.75, 3.05) is 20.2 Å². The fourth-order valence-corrected chi connectivity index (χ4v) is 2.53. The van der Waals surface area contributed by atoms with Gasteiger partial charge in [0.05, 0.1) is 13.2 Å². The Bertz CT molecular complexity index is 448. The van der Waals surface area contributed by atoms with Gasteiger partial charge in [0.1, 0.15) is 5.75 Å². The summed E-state index contributed by atoms with van der Waals surface area (Å²) in [5.41, 5.74) is 1.11. The van der Waals surface area contributed by atoms with Gasteiger partial charge >= 0.3 is 0 Å². The van der Waals surface area contributed by atoms with E-state index in [9.17, 15) is 0 Å². The van der Waals surface area contributed by atoms with Crippen LogP contribution in [0.2, 0.25) is 5.02 Å². The van der Waals surface area contributed by atoms with Crippen LogP contribution in [0.15, 0.2) is 18.2 Å². The van der Waals surface area contributed by atoms with Crippen LogP contribution in [0, 0.1) is 17.2 Å². The van der Waals surface area contributed by atoms with Crippen molar-refractivity contribution >= 4 is 11.6 Å². The first kappa shape index (κ1) is 13.2. The summed E-state index contributed by atoms with van der Waals surface area (Å²) in [7, 11) is 1.68. The number of nitriles is 1. The third-order valence-corrected chi connectivity index (χ3v) is 3.64. The molecule has 0 spiro atoms. The smallest absolute Gasteiger partial charge is 0.123 e. The van der Waals surface area contributed by atoms with Crippen LogP contribution in [0.3, 0.4) is 0 Å². The average molecular weight is 265 g/mol. The summed E-state index contributed by atoms with van der Waals surface area (Å²) in [4.78, 5) is 2.35. The van der Waals surface area contributed by atoms with Gasteiger partial charge in [-0.15, -0.1) is 0 Å². The molecule has 1 fully saturated rings. The Morgan fingerprint density at radius 2 is 2.17 bits per heavy atom. The maximum atomic E-state index is 8.88. The molecule has 0 aromatic heterocycles. The monoisotopic (exact) mass is 264 g/mol. The number of rotatable bonds is 3. The Morgan fingerprint density at radius 3 is 2.78 bits per heavy atom. The van der Waals surface area contributed by atoms with Crippen molar-refractivity contribution < 1.29 is 4.74 Å². The van der Waals surface area contributed by atoms with Gasteiger partial charge in [-0.05, 0) is 44.1 Å². The lowest BCUT2D eigenvalue weighted by molar-refractivity contribution is 0.196. The van der Waals surface area contributed by atoms with Gasteiger partial charge < -0.3 is 4.74 Å². The normalized spacial score (nSPS) is 17.4. The first-order valence-electron chi connectivity index (χ1n) is 6.17. The number of hydrogen-bond donors (Lipinski definition) is 0. The number of hydrogen-bond acceptors (Lipinski definition) is 3. The molecule has 0 amide bonds. The summed E-state index contributed by atoms with van der Waals surface area (Å²) in [6, 6.07) is 8.04. The van der Waals surface area contributed by atoms with Crippen molar-refractivity contribution in [1.29, 1.82) is 5.26 Å². The van der Waals surface area contributed by atoms with E-state index in [4.69, 9.17) is 21.6 Å². The number of nitrogens with zero attached hydrogens (tertiary/aromatic N) is 2. The molecule has 0 aliphatic carbocycles. The molecule has 0 bridgehead atoms. The SMILES string of the molecule is COc1ccc(Cl)cc1CN1CCC(C#N)CC1. The van der Waals surface area contributed by atoms with Crippen LogP contribution in [0.4, 0.5) is 0 Å². The first-order valence-corrected chi connectivity index (χ1v) is 6.55. The summed E-state index contributed by atoms with van der Waals surface area (Å²) in [5.74, 6) is 1.10.